The SMILES string of the molecule is C/C=C/c1cc(N=C(N)CC(=N)N2CCNCC2C)n[nH]1. The topological polar surface area (TPSA) is 106 Å². The highest BCUT2D eigenvalue weighted by Gasteiger charge is 2.20. The smallest absolute Gasteiger partial charge is 0.175 e. The fourth-order valence-corrected chi connectivity index (χ4v) is 2.35. The molecule has 0 bridgehead atoms. The molecular formula is C14H23N7. The Morgan fingerprint density at radius 2 is 2.48 bits per heavy atom. The van der Waals surface area contributed by atoms with Gasteiger partial charge in [0.25, 0.3) is 0 Å². The minimum Gasteiger partial charge on any atom is -0.387 e. The number of nitrogens with two attached hydrogens (primary N) is 1. The van der Waals surface area contributed by atoms with Crippen molar-refractivity contribution in [1.82, 2.24) is 20.4 Å². The van der Waals surface area contributed by atoms with E-state index in [1.807, 2.05) is 25.1 Å². The molecule has 7 nitrogen and oxygen atoms in total. The molecule has 114 valence electrons. The maximum Gasteiger partial charge on any atom is 0.175 e. The molecule has 1 aliphatic heterocycles. The highest BCUT2D eigenvalue weighted by atomic mass is 15.2. The summed E-state index contributed by atoms with van der Waals surface area (Å²) in [5, 5.41) is 18.4. The van der Waals surface area contributed by atoms with E-state index in [1.54, 1.807) is 0 Å². The Morgan fingerprint density at radius 1 is 1.67 bits per heavy atom. The van der Waals surface area contributed by atoms with Gasteiger partial charge in [0.1, 0.15) is 11.7 Å². The summed E-state index contributed by atoms with van der Waals surface area (Å²) in [6.45, 7) is 6.67. The summed E-state index contributed by atoms with van der Waals surface area (Å²) in [5.74, 6) is 1.46. The van der Waals surface area contributed by atoms with Crippen molar-refractivity contribution < 1.29 is 0 Å². The minimum absolute atomic E-state index is 0.311. The van der Waals surface area contributed by atoms with E-state index in [2.05, 4.69) is 32.3 Å². The van der Waals surface area contributed by atoms with Gasteiger partial charge in [-0.3, -0.25) is 10.5 Å². The first-order valence-corrected chi connectivity index (χ1v) is 7.16. The Morgan fingerprint density at radius 3 is 3.19 bits per heavy atom. The van der Waals surface area contributed by atoms with Gasteiger partial charge in [0.2, 0.25) is 0 Å². The van der Waals surface area contributed by atoms with E-state index >= 15 is 0 Å². The summed E-state index contributed by atoms with van der Waals surface area (Å²) in [5.41, 5.74) is 6.82. The molecule has 1 fully saturated rings. The monoisotopic (exact) mass is 289 g/mol. The van der Waals surface area contributed by atoms with Gasteiger partial charge in [-0.05, 0) is 19.9 Å². The first-order valence-electron chi connectivity index (χ1n) is 7.16. The molecule has 0 aliphatic carbocycles. The van der Waals surface area contributed by atoms with Crippen LogP contribution in [0, 0.1) is 5.41 Å². The standard InChI is InChI=1S/C14H23N7/c1-3-4-11-7-14(20-19-11)18-12(15)8-13(16)21-6-5-17-9-10(21)2/h3-4,7,10,16-17H,5-6,8-9H2,1-2H3,(H3,15,18,19,20)/b4-3+,16-13?. The van der Waals surface area contributed by atoms with Crippen molar-refractivity contribution in [2.45, 2.75) is 26.3 Å². The molecule has 0 amide bonds. The molecule has 1 saturated heterocycles. The zero-order valence-corrected chi connectivity index (χ0v) is 12.6. The minimum atomic E-state index is 0.311. The summed E-state index contributed by atoms with van der Waals surface area (Å²) in [6, 6.07) is 2.13. The summed E-state index contributed by atoms with van der Waals surface area (Å²) < 4.78 is 0. The quantitative estimate of drug-likeness (QED) is 0.492. The molecule has 1 aromatic rings. The van der Waals surface area contributed by atoms with Crippen LogP contribution >= 0.6 is 0 Å². The average molecular weight is 289 g/mol. The summed E-state index contributed by atoms with van der Waals surface area (Å²) in [7, 11) is 0. The van der Waals surface area contributed by atoms with Crippen LogP contribution in [0.3, 0.4) is 0 Å². The van der Waals surface area contributed by atoms with Crippen molar-refractivity contribution in [2.75, 3.05) is 19.6 Å². The Labute approximate surface area is 124 Å². The average Bonchev–Trinajstić information content (AvgIpc) is 2.86. The normalized spacial score (nSPS) is 20.2. The van der Waals surface area contributed by atoms with Gasteiger partial charge >= 0.3 is 0 Å². The third-order valence-corrected chi connectivity index (χ3v) is 3.39. The first-order chi connectivity index (χ1) is 10.1. The van der Waals surface area contributed by atoms with Crippen molar-refractivity contribution in [3.05, 3.63) is 17.8 Å². The number of aromatic nitrogens is 2. The van der Waals surface area contributed by atoms with Crippen molar-refractivity contribution in [2.24, 2.45) is 10.7 Å². The lowest BCUT2D eigenvalue weighted by atomic mass is 10.2. The number of amidine groups is 2. The number of hydrogen-bond acceptors (Lipinski definition) is 4. The van der Waals surface area contributed by atoms with Crippen molar-refractivity contribution >= 4 is 23.6 Å². The number of piperazine rings is 1. The molecule has 1 aliphatic rings. The zero-order valence-electron chi connectivity index (χ0n) is 12.6. The largest absolute Gasteiger partial charge is 0.387 e. The highest BCUT2D eigenvalue weighted by molar-refractivity contribution is 6.01. The molecule has 5 N–H and O–H groups in total. The van der Waals surface area contributed by atoms with Gasteiger partial charge < -0.3 is 16.0 Å². The lowest BCUT2D eigenvalue weighted by molar-refractivity contribution is 0.270. The van der Waals surface area contributed by atoms with Crippen LogP contribution in [0.15, 0.2) is 17.1 Å². The maximum atomic E-state index is 8.18. The second kappa shape index (κ2) is 7.03. The Balaban J connectivity index is 1.97. The van der Waals surface area contributed by atoms with E-state index in [-0.39, 0.29) is 0 Å². The summed E-state index contributed by atoms with van der Waals surface area (Å²) in [4.78, 5) is 6.32. The van der Waals surface area contributed by atoms with Gasteiger partial charge in [0, 0.05) is 31.7 Å². The molecule has 1 unspecified atom stereocenters. The third-order valence-electron chi connectivity index (χ3n) is 3.39. The van der Waals surface area contributed by atoms with E-state index in [9.17, 15) is 0 Å². The van der Waals surface area contributed by atoms with Gasteiger partial charge in [-0.2, -0.15) is 5.10 Å². The molecule has 1 aromatic heterocycles. The van der Waals surface area contributed by atoms with Gasteiger partial charge in [-0.1, -0.05) is 6.08 Å². The van der Waals surface area contributed by atoms with Crippen LogP contribution in [-0.2, 0) is 0 Å². The number of nitrogens with one attached hydrogen (secondary N) is 3. The molecule has 2 rings (SSSR count). The number of rotatable bonds is 4. The summed E-state index contributed by atoms with van der Waals surface area (Å²) >= 11 is 0. The van der Waals surface area contributed by atoms with Gasteiger partial charge in [-0.15, -0.1) is 0 Å². The molecule has 0 aromatic carbocycles. The van der Waals surface area contributed by atoms with Gasteiger partial charge in [0.05, 0.1) is 12.1 Å². The molecule has 1 atom stereocenters. The second-order valence-corrected chi connectivity index (χ2v) is 5.15. The lowest BCUT2D eigenvalue weighted by Gasteiger charge is -2.35. The fraction of sp³-hybridized carbons (Fsp3) is 0.500. The molecular weight excluding hydrogens is 266 g/mol. The lowest BCUT2D eigenvalue weighted by Crippen LogP contribution is -2.52. The highest BCUT2D eigenvalue weighted by Crippen LogP contribution is 2.12. The number of H-pyrrole nitrogens is 1. The predicted octanol–water partition coefficient (Wildman–Crippen LogP) is 1.09. The van der Waals surface area contributed by atoms with Crippen molar-refractivity contribution in [3.63, 3.8) is 0 Å². The molecule has 21 heavy (non-hydrogen) atoms. The fourth-order valence-electron chi connectivity index (χ4n) is 2.35. The van der Waals surface area contributed by atoms with Crippen LogP contribution in [0.1, 0.15) is 26.0 Å². The van der Waals surface area contributed by atoms with Gasteiger partial charge in [0.15, 0.2) is 5.82 Å². The van der Waals surface area contributed by atoms with Crippen LogP contribution in [0.5, 0.6) is 0 Å². The Bertz CT molecular complexity index is 543. The molecule has 0 saturated carbocycles. The van der Waals surface area contributed by atoms with Crippen LogP contribution in [0.4, 0.5) is 5.82 Å². The van der Waals surface area contributed by atoms with E-state index in [0.29, 0.717) is 30.0 Å². The van der Waals surface area contributed by atoms with E-state index in [1.165, 1.54) is 0 Å². The molecule has 2 heterocycles. The number of aliphatic imine (C=N–C) groups is 1. The third kappa shape index (κ3) is 4.16. The van der Waals surface area contributed by atoms with Crippen molar-refractivity contribution in [1.29, 1.82) is 5.41 Å². The van der Waals surface area contributed by atoms with Crippen LogP contribution in [0.2, 0.25) is 0 Å². The van der Waals surface area contributed by atoms with Crippen LogP contribution < -0.4 is 11.1 Å². The molecule has 0 radical (unpaired) electrons. The number of hydrogen-bond donors (Lipinski definition) is 4. The number of aromatic amines is 1. The van der Waals surface area contributed by atoms with E-state index in [4.69, 9.17) is 11.1 Å². The second-order valence-electron chi connectivity index (χ2n) is 5.15. The molecule has 7 heteroatoms. The predicted molar refractivity (Wildman–Crippen MR) is 86.0 cm³/mol. The van der Waals surface area contributed by atoms with E-state index < -0.39 is 0 Å². The summed E-state index contributed by atoms with van der Waals surface area (Å²) in [6.07, 6.45) is 4.18. The Kier molecular flexibility index (Phi) is 5.10. The molecule has 0 spiro atoms. The Hall–Kier alpha value is -2.15. The number of allylic oxidation sites excluding steroid dienone is 1. The maximum absolute atomic E-state index is 8.18. The zero-order chi connectivity index (χ0) is 15.2. The van der Waals surface area contributed by atoms with Crippen LogP contribution in [0.25, 0.3) is 6.08 Å². The first kappa shape index (κ1) is 15.2. The van der Waals surface area contributed by atoms with Gasteiger partial charge in [-0.25, -0.2) is 4.99 Å². The van der Waals surface area contributed by atoms with Crippen molar-refractivity contribution in [3.8, 4) is 0 Å². The number of nitrogens with zero attached hydrogens (tertiary/aromatic N) is 3. The van der Waals surface area contributed by atoms with Crippen LogP contribution in [-0.4, -0.2) is 52.4 Å². The van der Waals surface area contributed by atoms with E-state index in [0.717, 1.165) is 25.3 Å².